The second-order valence-electron chi connectivity index (χ2n) is 4.98. The summed E-state index contributed by atoms with van der Waals surface area (Å²) in [4.78, 5) is 4.28. The number of aryl methyl sites for hydroxylation is 1. The molecule has 0 aliphatic heterocycles. The predicted molar refractivity (Wildman–Crippen MR) is 85.0 cm³/mol. The summed E-state index contributed by atoms with van der Waals surface area (Å²) in [6.45, 7) is 2.59. The molecule has 0 unspecified atom stereocenters. The van der Waals surface area contributed by atoms with Gasteiger partial charge in [0.05, 0.1) is 11.3 Å². The molecule has 21 heavy (non-hydrogen) atoms. The molecule has 2 aromatic carbocycles. The maximum absolute atomic E-state index is 9.27. The van der Waals surface area contributed by atoms with Crippen molar-refractivity contribution in [1.29, 1.82) is 5.26 Å². The Morgan fingerprint density at radius 3 is 2.81 bits per heavy atom. The van der Waals surface area contributed by atoms with Crippen molar-refractivity contribution in [2.45, 2.75) is 13.5 Å². The SMILES string of the molecule is Cc1cccc(NCc2cncc3ccccc23)c1C#N. The Morgan fingerprint density at radius 2 is 1.95 bits per heavy atom. The van der Waals surface area contributed by atoms with Gasteiger partial charge in [0.1, 0.15) is 6.07 Å². The summed E-state index contributed by atoms with van der Waals surface area (Å²) in [5.74, 6) is 0. The summed E-state index contributed by atoms with van der Waals surface area (Å²) >= 11 is 0. The minimum atomic E-state index is 0.645. The van der Waals surface area contributed by atoms with Crippen LogP contribution in [0.4, 0.5) is 5.69 Å². The molecule has 102 valence electrons. The summed E-state index contributed by atoms with van der Waals surface area (Å²) in [6, 6.07) is 16.3. The fourth-order valence-electron chi connectivity index (χ4n) is 2.47. The van der Waals surface area contributed by atoms with Crippen LogP contribution >= 0.6 is 0 Å². The average molecular weight is 273 g/mol. The molecule has 3 heteroatoms. The van der Waals surface area contributed by atoms with Gasteiger partial charge in [-0.25, -0.2) is 0 Å². The smallest absolute Gasteiger partial charge is 0.102 e. The zero-order valence-corrected chi connectivity index (χ0v) is 11.8. The van der Waals surface area contributed by atoms with Crippen molar-refractivity contribution in [3.63, 3.8) is 0 Å². The highest BCUT2D eigenvalue weighted by atomic mass is 14.9. The molecule has 3 aromatic rings. The van der Waals surface area contributed by atoms with Gasteiger partial charge in [0, 0.05) is 24.3 Å². The van der Waals surface area contributed by atoms with E-state index in [-0.39, 0.29) is 0 Å². The number of nitrogens with zero attached hydrogens (tertiary/aromatic N) is 2. The Balaban J connectivity index is 1.91. The van der Waals surface area contributed by atoms with Gasteiger partial charge in [-0.05, 0) is 29.5 Å². The summed E-state index contributed by atoms with van der Waals surface area (Å²) < 4.78 is 0. The van der Waals surface area contributed by atoms with Crippen LogP contribution in [0.15, 0.2) is 54.9 Å². The minimum absolute atomic E-state index is 0.645. The molecule has 1 heterocycles. The lowest BCUT2D eigenvalue weighted by atomic mass is 10.1. The van der Waals surface area contributed by atoms with E-state index in [1.54, 1.807) is 0 Å². The molecule has 3 rings (SSSR count). The molecule has 0 saturated heterocycles. The highest BCUT2D eigenvalue weighted by Gasteiger charge is 2.06. The molecule has 0 aliphatic carbocycles. The molecule has 3 nitrogen and oxygen atoms in total. The van der Waals surface area contributed by atoms with E-state index in [1.807, 2.05) is 49.6 Å². The largest absolute Gasteiger partial charge is 0.380 e. The number of benzene rings is 2. The molecule has 0 atom stereocenters. The summed E-state index contributed by atoms with van der Waals surface area (Å²) in [5, 5.41) is 14.9. The van der Waals surface area contributed by atoms with Crippen LogP contribution in [0.25, 0.3) is 10.8 Å². The fourth-order valence-corrected chi connectivity index (χ4v) is 2.47. The third-order valence-corrected chi connectivity index (χ3v) is 3.60. The van der Waals surface area contributed by atoms with Crippen LogP contribution < -0.4 is 5.32 Å². The molecule has 0 aliphatic rings. The first-order valence-electron chi connectivity index (χ1n) is 6.85. The van der Waals surface area contributed by atoms with Crippen molar-refractivity contribution < 1.29 is 0 Å². The van der Waals surface area contributed by atoms with Crippen LogP contribution in [0.2, 0.25) is 0 Å². The van der Waals surface area contributed by atoms with Gasteiger partial charge in [-0.2, -0.15) is 5.26 Å². The van der Waals surface area contributed by atoms with Gasteiger partial charge in [-0.1, -0.05) is 36.4 Å². The maximum atomic E-state index is 9.27. The number of nitriles is 1. The summed E-state index contributed by atoms with van der Waals surface area (Å²) in [5.41, 5.74) is 3.67. The van der Waals surface area contributed by atoms with Crippen LogP contribution in [0.1, 0.15) is 16.7 Å². The standard InChI is InChI=1S/C18H15N3/c1-13-5-4-8-18(17(13)9-19)21-12-15-11-20-10-14-6-2-3-7-16(14)15/h2-8,10-11,21H,12H2,1H3. The first-order valence-corrected chi connectivity index (χ1v) is 6.85. The molecule has 0 fully saturated rings. The molecule has 0 spiro atoms. The van der Waals surface area contributed by atoms with Crippen molar-refractivity contribution in [3.8, 4) is 6.07 Å². The van der Waals surface area contributed by atoms with Gasteiger partial charge < -0.3 is 5.32 Å². The van der Waals surface area contributed by atoms with Crippen LogP contribution in [0.5, 0.6) is 0 Å². The second-order valence-corrected chi connectivity index (χ2v) is 4.98. The Labute approximate surface area is 123 Å². The molecule has 1 aromatic heterocycles. The number of nitrogens with one attached hydrogen (secondary N) is 1. The topological polar surface area (TPSA) is 48.7 Å². The lowest BCUT2D eigenvalue weighted by Crippen LogP contribution is -2.03. The fraction of sp³-hybridized carbons (Fsp3) is 0.111. The maximum Gasteiger partial charge on any atom is 0.102 e. The Kier molecular flexibility index (Phi) is 3.53. The Morgan fingerprint density at radius 1 is 1.10 bits per heavy atom. The molecular formula is C18H15N3. The monoisotopic (exact) mass is 273 g/mol. The van der Waals surface area contributed by atoms with E-state index in [9.17, 15) is 5.26 Å². The molecule has 0 radical (unpaired) electrons. The molecule has 1 N–H and O–H groups in total. The Hall–Kier alpha value is -2.86. The molecular weight excluding hydrogens is 258 g/mol. The predicted octanol–water partition coefficient (Wildman–Crippen LogP) is 4.03. The summed E-state index contributed by atoms with van der Waals surface area (Å²) in [6.07, 6.45) is 3.74. The van der Waals surface area contributed by atoms with Gasteiger partial charge in [0.15, 0.2) is 0 Å². The number of fused-ring (bicyclic) bond motifs is 1. The van der Waals surface area contributed by atoms with Gasteiger partial charge in [0.25, 0.3) is 0 Å². The molecule has 0 saturated carbocycles. The highest BCUT2D eigenvalue weighted by molar-refractivity contribution is 5.84. The lowest BCUT2D eigenvalue weighted by Gasteiger charge is -2.11. The lowest BCUT2D eigenvalue weighted by molar-refractivity contribution is 1.13. The van der Waals surface area contributed by atoms with E-state index in [1.165, 1.54) is 5.39 Å². The zero-order valence-electron chi connectivity index (χ0n) is 11.8. The van der Waals surface area contributed by atoms with Crippen LogP contribution in [0, 0.1) is 18.3 Å². The normalized spacial score (nSPS) is 10.3. The first kappa shape index (κ1) is 13.1. The number of aromatic nitrogens is 1. The van der Waals surface area contributed by atoms with Crippen molar-refractivity contribution in [3.05, 3.63) is 71.5 Å². The van der Waals surface area contributed by atoms with Gasteiger partial charge in [0.2, 0.25) is 0 Å². The number of hydrogen-bond acceptors (Lipinski definition) is 3. The van der Waals surface area contributed by atoms with E-state index < -0.39 is 0 Å². The van der Waals surface area contributed by atoms with Gasteiger partial charge >= 0.3 is 0 Å². The number of anilines is 1. The van der Waals surface area contributed by atoms with Gasteiger partial charge in [-0.3, -0.25) is 4.98 Å². The zero-order chi connectivity index (χ0) is 14.7. The van der Waals surface area contributed by atoms with E-state index in [0.29, 0.717) is 12.1 Å². The van der Waals surface area contributed by atoms with E-state index in [0.717, 1.165) is 22.2 Å². The Bertz CT molecular complexity index is 826. The number of rotatable bonds is 3. The number of hydrogen-bond donors (Lipinski definition) is 1. The van der Waals surface area contributed by atoms with E-state index >= 15 is 0 Å². The number of pyridine rings is 1. The molecule has 0 bridgehead atoms. The minimum Gasteiger partial charge on any atom is -0.380 e. The van der Waals surface area contributed by atoms with E-state index in [2.05, 4.69) is 28.5 Å². The van der Waals surface area contributed by atoms with Crippen LogP contribution in [0.3, 0.4) is 0 Å². The highest BCUT2D eigenvalue weighted by Crippen LogP contribution is 2.21. The summed E-state index contributed by atoms with van der Waals surface area (Å²) in [7, 11) is 0. The van der Waals surface area contributed by atoms with Crippen molar-refractivity contribution >= 4 is 16.5 Å². The van der Waals surface area contributed by atoms with Crippen molar-refractivity contribution in [2.75, 3.05) is 5.32 Å². The molecule has 0 amide bonds. The van der Waals surface area contributed by atoms with E-state index in [4.69, 9.17) is 0 Å². The van der Waals surface area contributed by atoms with Gasteiger partial charge in [-0.15, -0.1) is 0 Å². The van der Waals surface area contributed by atoms with Crippen LogP contribution in [-0.2, 0) is 6.54 Å². The third-order valence-electron chi connectivity index (χ3n) is 3.60. The van der Waals surface area contributed by atoms with Crippen molar-refractivity contribution in [1.82, 2.24) is 4.98 Å². The second kappa shape index (κ2) is 5.64. The van der Waals surface area contributed by atoms with Crippen LogP contribution in [-0.4, -0.2) is 4.98 Å². The quantitative estimate of drug-likeness (QED) is 0.783. The third kappa shape index (κ3) is 2.56. The first-order chi connectivity index (χ1) is 10.3. The van der Waals surface area contributed by atoms with Crippen molar-refractivity contribution in [2.24, 2.45) is 0 Å². The average Bonchev–Trinajstić information content (AvgIpc) is 2.53.